The van der Waals surface area contributed by atoms with Gasteiger partial charge in [-0.25, -0.2) is 0 Å². The van der Waals surface area contributed by atoms with Gasteiger partial charge in [-0.2, -0.15) is 0 Å². The molecule has 0 heterocycles. The highest BCUT2D eigenvalue weighted by Crippen LogP contribution is 2.25. The van der Waals surface area contributed by atoms with Crippen LogP contribution in [0, 0.1) is 0 Å². The van der Waals surface area contributed by atoms with Crippen molar-refractivity contribution < 1.29 is 9.90 Å². The average molecular weight is 310 g/mol. The number of aliphatic hydroxyl groups is 1. The summed E-state index contributed by atoms with van der Waals surface area (Å²) in [6, 6.07) is 7.29. The van der Waals surface area contributed by atoms with Crippen LogP contribution in [0.15, 0.2) is 24.3 Å². The molecule has 1 aliphatic rings. The Morgan fingerprint density at radius 3 is 2.71 bits per heavy atom. The molecule has 1 fully saturated rings. The lowest BCUT2D eigenvalue weighted by atomic mass is 9.92. The van der Waals surface area contributed by atoms with Crippen molar-refractivity contribution in [2.45, 2.75) is 51.1 Å². The Morgan fingerprint density at radius 2 is 2.10 bits per heavy atom. The molecule has 0 bridgehead atoms. The number of carbonyl (C=O) groups excluding carboxylic acids is 1. The summed E-state index contributed by atoms with van der Waals surface area (Å²) < 4.78 is 0. The minimum Gasteiger partial charge on any atom is -0.395 e. The van der Waals surface area contributed by atoms with Gasteiger partial charge in [0.05, 0.1) is 12.6 Å². The molecule has 1 aliphatic carbocycles. The summed E-state index contributed by atoms with van der Waals surface area (Å²) in [7, 11) is 0. The minimum atomic E-state index is -0.223. The van der Waals surface area contributed by atoms with Gasteiger partial charge in [-0.1, -0.05) is 43.0 Å². The van der Waals surface area contributed by atoms with Crippen molar-refractivity contribution in [2.24, 2.45) is 0 Å². The van der Waals surface area contributed by atoms with E-state index in [9.17, 15) is 9.90 Å². The quantitative estimate of drug-likeness (QED) is 0.817. The van der Waals surface area contributed by atoms with Gasteiger partial charge in [0.1, 0.15) is 0 Å². The van der Waals surface area contributed by atoms with E-state index in [2.05, 4.69) is 4.90 Å². The number of rotatable bonds is 6. The van der Waals surface area contributed by atoms with Crippen molar-refractivity contribution >= 4 is 17.4 Å². The third-order valence-corrected chi connectivity index (χ3v) is 4.62. The van der Waals surface area contributed by atoms with E-state index in [0.717, 1.165) is 12.8 Å². The predicted octanol–water partition coefficient (Wildman–Crippen LogP) is 3.54. The number of Topliss-reactive ketones (excluding diaryl/α,β-unsaturated/α-hetero) is 1. The number of nitrogens with zero attached hydrogens (tertiary/aromatic N) is 1. The van der Waals surface area contributed by atoms with Crippen LogP contribution in [0.3, 0.4) is 0 Å². The smallest absolute Gasteiger partial charge is 0.179 e. The number of carbonyl (C=O) groups is 1. The van der Waals surface area contributed by atoms with Crippen molar-refractivity contribution in [3.8, 4) is 0 Å². The minimum absolute atomic E-state index is 0.0801. The Morgan fingerprint density at radius 1 is 1.38 bits per heavy atom. The van der Waals surface area contributed by atoms with E-state index >= 15 is 0 Å². The highest BCUT2D eigenvalue weighted by Gasteiger charge is 2.29. The molecule has 2 rings (SSSR count). The largest absolute Gasteiger partial charge is 0.395 e. The fourth-order valence-electron chi connectivity index (χ4n) is 3.25. The first kappa shape index (κ1) is 16.5. The summed E-state index contributed by atoms with van der Waals surface area (Å²) in [6.07, 6.45) is 5.94. The molecule has 1 unspecified atom stereocenters. The van der Waals surface area contributed by atoms with Crippen LogP contribution in [0.4, 0.5) is 0 Å². The fourth-order valence-corrected chi connectivity index (χ4v) is 3.44. The molecule has 3 nitrogen and oxygen atoms in total. The summed E-state index contributed by atoms with van der Waals surface area (Å²) in [5.74, 6) is 0.0801. The van der Waals surface area contributed by atoms with Gasteiger partial charge in [0.25, 0.3) is 0 Å². The first-order chi connectivity index (χ1) is 10.1. The standard InChI is InChI=1S/C17H24ClNO2/c1-13(17(21)14-6-5-7-15(18)12-14)19(10-11-20)16-8-3-2-4-9-16/h5-7,12-13,16,20H,2-4,8-11H2,1H3. The average Bonchev–Trinajstić information content (AvgIpc) is 2.52. The molecule has 1 aromatic rings. The number of hydrogen-bond donors (Lipinski definition) is 1. The van der Waals surface area contributed by atoms with Gasteiger partial charge in [-0.05, 0) is 31.9 Å². The first-order valence-electron chi connectivity index (χ1n) is 7.80. The van der Waals surface area contributed by atoms with Gasteiger partial charge >= 0.3 is 0 Å². The molecular formula is C17H24ClNO2. The van der Waals surface area contributed by atoms with Crippen LogP contribution in [0.5, 0.6) is 0 Å². The third-order valence-electron chi connectivity index (χ3n) is 4.39. The zero-order valence-corrected chi connectivity index (χ0v) is 13.4. The maximum atomic E-state index is 12.7. The van der Waals surface area contributed by atoms with E-state index in [0.29, 0.717) is 23.2 Å². The molecule has 0 spiro atoms. The SMILES string of the molecule is CC(C(=O)c1cccc(Cl)c1)N(CCO)C1CCCCC1. The second-order valence-corrected chi connectivity index (χ2v) is 6.24. The molecule has 1 saturated carbocycles. The molecule has 4 heteroatoms. The maximum Gasteiger partial charge on any atom is 0.179 e. The summed E-state index contributed by atoms with van der Waals surface area (Å²) in [6.45, 7) is 2.58. The summed E-state index contributed by atoms with van der Waals surface area (Å²) >= 11 is 5.98. The molecule has 1 N–H and O–H groups in total. The molecule has 0 radical (unpaired) electrons. The van der Waals surface area contributed by atoms with Crippen LogP contribution in [-0.4, -0.2) is 41.0 Å². The second kappa shape index (κ2) is 7.92. The van der Waals surface area contributed by atoms with Gasteiger partial charge in [-0.3, -0.25) is 9.69 Å². The van der Waals surface area contributed by atoms with E-state index in [-0.39, 0.29) is 18.4 Å². The number of aliphatic hydroxyl groups excluding tert-OH is 1. The zero-order chi connectivity index (χ0) is 15.2. The van der Waals surface area contributed by atoms with Gasteiger partial charge in [0.2, 0.25) is 0 Å². The molecule has 21 heavy (non-hydrogen) atoms. The van der Waals surface area contributed by atoms with Crippen molar-refractivity contribution in [1.82, 2.24) is 4.90 Å². The van der Waals surface area contributed by atoms with Crippen LogP contribution < -0.4 is 0 Å². The Kier molecular flexibility index (Phi) is 6.22. The highest BCUT2D eigenvalue weighted by molar-refractivity contribution is 6.31. The number of benzene rings is 1. The number of ketones is 1. The Balaban J connectivity index is 2.13. The molecule has 0 amide bonds. The van der Waals surface area contributed by atoms with Gasteiger partial charge in [0, 0.05) is 23.2 Å². The van der Waals surface area contributed by atoms with E-state index in [4.69, 9.17) is 11.6 Å². The van der Waals surface area contributed by atoms with E-state index in [1.54, 1.807) is 18.2 Å². The Hall–Kier alpha value is -0.900. The van der Waals surface area contributed by atoms with E-state index < -0.39 is 0 Å². The molecule has 116 valence electrons. The predicted molar refractivity (Wildman–Crippen MR) is 85.9 cm³/mol. The second-order valence-electron chi connectivity index (χ2n) is 5.80. The third kappa shape index (κ3) is 4.29. The zero-order valence-electron chi connectivity index (χ0n) is 12.6. The summed E-state index contributed by atoms with van der Waals surface area (Å²) in [5.41, 5.74) is 0.647. The van der Waals surface area contributed by atoms with Crippen molar-refractivity contribution in [3.63, 3.8) is 0 Å². The van der Waals surface area contributed by atoms with Crippen LogP contribution >= 0.6 is 11.6 Å². The summed E-state index contributed by atoms with van der Waals surface area (Å²) in [5, 5.41) is 9.92. The lowest BCUT2D eigenvalue weighted by Gasteiger charge is -2.37. The lowest BCUT2D eigenvalue weighted by Crippen LogP contribution is -2.48. The Bertz CT molecular complexity index is 472. The summed E-state index contributed by atoms with van der Waals surface area (Å²) in [4.78, 5) is 14.8. The van der Waals surface area contributed by atoms with Crippen molar-refractivity contribution in [2.75, 3.05) is 13.2 Å². The van der Waals surface area contributed by atoms with Gasteiger partial charge in [-0.15, -0.1) is 0 Å². The normalized spacial score (nSPS) is 17.9. The highest BCUT2D eigenvalue weighted by atomic mass is 35.5. The molecule has 0 aromatic heterocycles. The maximum absolute atomic E-state index is 12.7. The monoisotopic (exact) mass is 309 g/mol. The first-order valence-corrected chi connectivity index (χ1v) is 8.17. The van der Waals surface area contributed by atoms with E-state index in [1.807, 2.05) is 13.0 Å². The van der Waals surface area contributed by atoms with Crippen LogP contribution in [-0.2, 0) is 0 Å². The van der Waals surface area contributed by atoms with E-state index in [1.165, 1.54) is 19.3 Å². The molecule has 0 aliphatic heterocycles. The number of halogens is 1. The van der Waals surface area contributed by atoms with Crippen LogP contribution in [0.1, 0.15) is 49.4 Å². The topological polar surface area (TPSA) is 40.5 Å². The van der Waals surface area contributed by atoms with Crippen LogP contribution in [0.25, 0.3) is 0 Å². The molecule has 1 atom stereocenters. The molecular weight excluding hydrogens is 286 g/mol. The molecule has 0 saturated heterocycles. The lowest BCUT2D eigenvalue weighted by molar-refractivity contribution is 0.0628. The van der Waals surface area contributed by atoms with Crippen molar-refractivity contribution in [1.29, 1.82) is 0 Å². The fraction of sp³-hybridized carbons (Fsp3) is 0.588. The van der Waals surface area contributed by atoms with Gasteiger partial charge < -0.3 is 5.11 Å². The van der Waals surface area contributed by atoms with Gasteiger partial charge in [0.15, 0.2) is 5.78 Å². The number of hydrogen-bond acceptors (Lipinski definition) is 3. The van der Waals surface area contributed by atoms with Crippen LogP contribution in [0.2, 0.25) is 5.02 Å². The van der Waals surface area contributed by atoms with Crippen molar-refractivity contribution in [3.05, 3.63) is 34.9 Å². The molecule has 1 aromatic carbocycles. The Labute approximate surface area is 131 Å².